The minimum atomic E-state index is -0.540. The second kappa shape index (κ2) is 13.1. The zero-order valence-corrected chi connectivity index (χ0v) is 35.3. The predicted molar refractivity (Wildman–Crippen MR) is 267 cm³/mol. The van der Waals surface area contributed by atoms with Crippen molar-refractivity contribution in [2.45, 2.75) is 17.8 Å². The molecule has 14 rings (SSSR count). The summed E-state index contributed by atoms with van der Waals surface area (Å²) in [6.07, 6.45) is 0. The van der Waals surface area contributed by atoms with Gasteiger partial charge in [0.1, 0.15) is 0 Å². The lowest BCUT2D eigenvalue weighted by Gasteiger charge is -2.49. The van der Waals surface area contributed by atoms with Crippen LogP contribution in [0.25, 0.3) is 44.2 Å². The third kappa shape index (κ3) is 4.51. The van der Waals surface area contributed by atoms with Crippen LogP contribution >= 0.6 is 0 Å². The van der Waals surface area contributed by atoms with Crippen LogP contribution in [0.5, 0.6) is 0 Å². The first-order chi connectivity index (χ1) is 31.7. The van der Waals surface area contributed by atoms with Gasteiger partial charge in [-0.15, -0.1) is 0 Å². The summed E-state index contributed by atoms with van der Waals surface area (Å²) in [5, 5.41) is 6.61. The largest absolute Gasteiger partial charge is 0.354 e. The number of hydrogen-bond donors (Lipinski definition) is 1. The summed E-state index contributed by atoms with van der Waals surface area (Å²) in [5.41, 5.74) is 24.1. The molecule has 3 heteroatoms. The van der Waals surface area contributed by atoms with E-state index in [1.807, 2.05) is 0 Å². The van der Waals surface area contributed by atoms with Crippen molar-refractivity contribution in [3.05, 3.63) is 257 Å². The molecule has 64 heavy (non-hydrogen) atoms. The number of anilines is 5. The zero-order valence-electron chi connectivity index (χ0n) is 35.3. The van der Waals surface area contributed by atoms with Crippen LogP contribution in [-0.2, 0) is 10.8 Å². The number of nitrogens with zero attached hydrogens (tertiary/aromatic N) is 1. The first-order valence-electron chi connectivity index (χ1n) is 22.4. The van der Waals surface area contributed by atoms with Crippen LogP contribution in [0.4, 0.5) is 28.4 Å². The first-order valence-corrected chi connectivity index (χ1v) is 22.4. The van der Waals surface area contributed by atoms with Crippen molar-refractivity contribution in [3.8, 4) is 33.4 Å². The molecular formula is C61H40BN2. The summed E-state index contributed by atoms with van der Waals surface area (Å²) in [4.78, 5) is 2.59. The molecule has 0 saturated carbocycles. The van der Waals surface area contributed by atoms with Gasteiger partial charge < -0.3 is 10.2 Å². The zero-order chi connectivity index (χ0) is 42.1. The molecular weight excluding hydrogens is 771 g/mol. The molecule has 3 aliphatic heterocycles. The summed E-state index contributed by atoms with van der Waals surface area (Å²) < 4.78 is 0. The van der Waals surface area contributed by atoms with Crippen molar-refractivity contribution < 1.29 is 0 Å². The van der Waals surface area contributed by atoms with Crippen LogP contribution in [0, 0.1) is 0 Å². The molecule has 0 saturated heterocycles. The van der Waals surface area contributed by atoms with Gasteiger partial charge in [0.2, 0.25) is 0 Å². The highest BCUT2D eigenvalue weighted by molar-refractivity contribution is 6.74. The van der Waals surface area contributed by atoms with Gasteiger partial charge in [0.25, 0.3) is 0 Å². The van der Waals surface area contributed by atoms with Gasteiger partial charge in [-0.3, -0.25) is 0 Å². The number of para-hydroxylation sites is 2. The van der Waals surface area contributed by atoms with Crippen molar-refractivity contribution in [1.82, 2.24) is 0 Å². The van der Waals surface area contributed by atoms with Gasteiger partial charge in [-0.1, -0.05) is 206 Å². The average molecular weight is 812 g/mol. The van der Waals surface area contributed by atoms with Gasteiger partial charge in [0.05, 0.1) is 16.8 Å². The van der Waals surface area contributed by atoms with Crippen molar-refractivity contribution in [2.24, 2.45) is 0 Å². The maximum atomic E-state index is 4.16. The van der Waals surface area contributed by atoms with Crippen LogP contribution in [0.15, 0.2) is 218 Å². The molecule has 10 aromatic rings. The van der Waals surface area contributed by atoms with Gasteiger partial charge in [-0.25, -0.2) is 0 Å². The minimum Gasteiger partial charge on any atom is -0.354 e. The van der Waals surface area contributed by atoms with Gasteiger partial charge in [0, 0.05) is 28.0 Å². The molecule has 2 nitrogen and oxygen atoms in total. The minimum absolute atomic E-state index is 0.399. The number of rotatable bonds is 4. The topological polar surface area (TPSA) is 15.3 Å². The molecule has 1 N–H and O–H groups in total. The molecule has 1 aliphatic carbocycles. The number of fused-ring (bicyclic) bond motifs is 10. The van der Waals surface area contributed by atoms with Crippen molar-refractivity contribution in [3.63, 3.8) is 0 Å². The van der Waals surface area contributed by atoms with Crippen LogP contribution in [0.2, 0.25) is 0 Å². The Morgan fingerprint density at radius 3 is 1.89 bits per heavy atom. The van der Waals surface area contributed by atoms with Gasteiger partial charge in [-0.05, 0) is 108 Å². The van der Waals surface area contributed by atoms with Crippen LogP contribution < -0.4 is 21.1 Å². The molecule has 0 aromatic heterocycles. The van der Waals surface area contributed by atoms with E-state index in [0.29, 0.717) is 0 Å². The SMILES string of the molecule is CC12c3ccccc3-c3cccc(c31)Nc1c(-c3c4c(cc5ccccc35)N3c5ccccc5C(c5ccccc5)(c5ccccc5)c5cccc(c53)[B]4)ccc(-c3ccccc3)c12. The van der Waals surface area contributed by atoms with E-state index in [1.54, 1.807) is 0 Å². The predicted octanol–water partition coefficient (Wildman–Crippen LogP) is 13.7. The molecule has 1 unspecified atom stereocenters. The van der Waals surface area contributed by atoms with E-state index in [1.165, 1.54) is 122 Å². The monoisotopic (exact) mass is 811 g/mol. The fourth-order valence-corrected chi connectivity index (χ4v) is 12.4. The Morgan fingerprint density at radius 1 is 0.469 bits per heavy atom. The van der Waals surface area contributed by atoms with Gasteiger partial charge in [0.15, 0.2) is 7.28 Å². The summed E-state index contributed by atoms with van der Waals surface area (Å²) in [6, 6.07) is 81.4. The smallest absolute Gasteiger partial charge is 0.197 e. The quantitative estimate of drug-likeness (QED) is 0.178. The van der Waals surface area contributed by atoms with E-state index < -0.39 is 10.8 Å². The Bertz CT molecular complexity index is 3540. The highest BCUT2D eigenvalue weighted by Gasteiger charge is 2.50. The lowest BCUT2D eigenvalue weighted by atomic mass is 9.53. The summed E-state index contributed by atoms with van der Waals surface area (Å²) >= 11 is 0. The third-order valence-corrected chi connectivity index (χ3v) is 14.9. The summed E-state index contributed by atoms with van der Waals surface area (Å²) in [6.45, 7) is 2.47. The second-order valence-corrected chi connectivity index (χ2v) is 17.9. The van der Waals surface area contributed by atoms with E-state index in [0.717, 1.165) is 0 Å². The van der Waals surface area contributed by atoms with E-state index in [4.69, 9.17) is 0 Å². The number of hydrogen-bond acceptors (Lipinski definition) is 2. The molecule has 0 fully saturated rings. The molecule has 4 aliphatic rings. The standard InChI is InChI=1S/C61H40BN2/c1-60-47-29-14-13-27-44(47)45-28-17-33-51(55(45)60)63-58-46(36-35-43(56(58)60)38-19-5-2-6-20-38)54-42-26-12-11-21-39(42)37-53-57(54)62-50-32-18-31-49-59(50)64(53)52-34-16-15-30-48(52)61(49,40-22-7-3-8-23-40)41-24-9-4-10-25-41/h2-37,63H,1H3. The first kappa shape index (κ1) is 35.7. The van der Waals surface area contributed by atoms with Crippen molar-refractivity contribution in [2.75, 3.05) is 10.2 Å². The van der Waals surface area contributed by atoms with Crippen molar-refractivity contribution in [1.29, 1.82) is 0 Å². The molecule has 1 radical (unpaired) electrons. The molecule has 0 amide bonds. The fourth-order valence-electron chi connectivity index (χ4n) is 12.4. The average Bonchev–Trinajstić information content (AvgIpc) is 3.63. The maximum absolute atomic E-state index is 4.16. The Balaban J connectivity index is 1.09. The van der Waals surface area contributed by atoms with E-state index >= 15 is 0 Å². The summed E-state index contributed by atoms with van der Waals surface area (Å²) in [5.74, 6) is 0. The number of benzene rings is 10. The molecule has 10 aromatic carbocycles. The highest BCUT2D eigenvalue weighted by atomic mass is 15.2. The number of nitrogens with one attached hydrogen (secondary N) is 1. The summed E-state index contributed by atoms with van der Waals surface area (Å²) in [7, 11) is 2.49. The Hall–Kier alpha value is -7.88. The van der Waals surface area contributed by atoms with Crippen LogP contribution in [0.1, 0.15) is 45.9 Å². The molecule has 0 bridgehead atoms. The normalized spacial score (nSPS) is 16.3. The van der Waals surface area contributed by atoms with Crippen molar-refractivity contribution >= 4 is 57.4 Å². The molecule has 297 valence electrons. The Kier molecular flexibility index (Phi) is 7.29. The highest BCUT2D eigenvalue weighted by Crippen LogP contribution is 2.63. The lowest BCUT2D eigenvalue weighted by Crippen LogP contribution is -2.47. The molecule has 3 heterocycles. The van der Waals surface area contributed by atoms with Crippen LogP contribution in [-0.4, -0.2) is 7.28 Å². The molecule has 1 atom stereocenters. The second-order valence-electron chi connectivity index (χ2n) is 17.9. The molecule has 0 spiro atoms. The maximum Gasteiger partial charge on any atom is 0.197 e. The van der Waals surface area contributed by atoms with Gasteiger partial charge >= 0.3 is 0 Å². The Labute approximate surface area is 374 Å². The van der Waals surface area contributed by atoms with Crippen LogP contribution in [0.3, 0.4) is 0 Å². The fraction of sp³-hybridized carbons (Fsp3) is 0.0492. The van der Waals surface area contributed by atoms with Gasteiger partial charge in [-0.2, -0.15) is 0 Å². The van der Waals surface area contributed by atoms with E-state index in [-0.39, 0.29) is 0 Å². The van der Waals surface area contributed by atoms with E-state index in [2.05, 4.69) is 243 Å². The Morgan fingerprint density at radius 2 is 1.09 bits per heavy atom. The third-order valence-electron chi connectivity index (χ3n) is 14.9. The van der Waals surface area contributed by atoms with E-state index in [9.17, 15) is 0 Å². The lowest BCUT2D eigenvalue weighted by molar-refractivity contribution is 0.712.